The molecule has 0 saturated carbocycles. The minimum Gasteiger partial charge on any atom is -0.466 e. The predicted octanol–water partition coefficient (Wildman–Crippen LogP) is 1.76. The van der Waals surface area contributed by atoms with E-state index in [1.54, 1.807) is 6.92 Å². The molecular weight excluding hydrogens is 208 g/mol. The summed E-state index contributed by atoms with van der Waals surface area (Å²) in [4.78, 5) is 22.6. The lowest BCUT2D eigenvalue weighted by atomic mass is 10.1. The maximum atomic E-state index is 11.4. The summed E-state index contributed by atoms with van der Waals surface area (Å²) in [5.41, 5.74) is 2.39. The third-order valence-electron chi connectivity index (χ3n) is 2.41. The highest BCUT2D eigenvalue weighted by Gasteiger charge is 2.21. The van der Waals surface area contributed by atoms with Crippen LogP contribution in [-0.4, -0.2) is 25.7 Å². The molecule has 88 valence electrons. The van der Waals surface area contributed by atoms with E-state index in [0.29, 0.717) is 18.6 Å². The Hall–Kier alpha value is -1.58. The highest BCUT2D eigenvalue weighted by molar-refractivity contribution is 5.92. The van der Waals surface area contributed by atoms with Crippen LogP contribution in [0.25, 0.3) is 0 Å². The summed E-state index contributed by atoms with van der Waals surface area (Å²) >= 11 is 0. The van der Waals surface area contributed by atoms with Gasteiger partial charge in [0.15, 0.2) is 0 Å². The Morgan fingerprint density at radius 1 is 1.44 bits per heavy atom. The third kappa shape index (κ3) is 2.95. The Morgan fingerprint density at radius 3 is 2.69 bits per heavy atom. The van der Waals surface area contributed by atoms with Gasteiger partial charge in [0.25, 0.3) is 0 Å². The van der Waals surface area contributed by atoms with Crippen LogP contribution >= 0.6 is 0 Å². The van der Waals surface area contributed by atoms with Crippen LogP contribution in [0, 0.1) is 0 Å². The van der Waals surface area contributed by atoms with Crippen molar-refractivity contribution < 1.29 is 19.1 Å². The fraction of sp³-hybridized carbons (Fsp3) is 0.500. The number of carbonyl (C=O) groups is 2. The predicted molar refractivity (Wildman–Crippen MR) is 58.7 cm³/mol. The van der Waals surface area contributed by atoms with E-state index < -0.39 is 0 Å². The molecular formula is C12H16O4. The molecule has 0 radical (unpaired) electrons. The van der Waals surface area contributed by atoms with Crippen molar-refractivity contribution in [1.82, 2.24) is 0 Å². The number of hydrogen-bond donors (Lipinski definition) is 0. The van der Waals surface area contributed by atoms with Gasteiger partial charge < -0.3 is 9.47 Å². The van der Waals surface area contributed by atoms with Crippen LogP contribution in [0.3, 0.4) is 0 Å². The van der Waals surface area contributed by atoms with E-state index in [0.717, 1.165) is 11.1 Å². The average Bonchev–Trinajstić information content (AvgIpc) is 2.58. The van der Waals surface area contributed by atoms with Gasteiger partial charge in [0.2, 0.25) is 0 Å². The molecule has 16 heavy (non-hydrogen) atoms. The maximum absolute atomic E-state index is 11.4. The van der Waals surface area contributed by atoms with E-state index in [9.17, 15) is 9.59 Å². The number of ether oxygens (including phenoxy) is 2. The summed E-state index contributed by atoms with van der Waals surface area (Å²) in [5, 5.41) is 0. The lowest BCUT2D eigenvalue weighted by molar-refractivity contribution is -0.142. The molecule has 1 aliphatic rings. The largest absolute Gasteiger partial charge is 0.466 e. The van der Waals surface area contributed by atoms with Crippen molar-refractivity contribution in [3.05, 3.63) is 22.8 Å². The Morgan fingerprint density at radius 2 is 2.12 bits per heavy atom. The molecule has 0 aromatic heterocycles. The number of methoxy groups -OCH3 is 1. The van der Waals surface area contributed by atoms with E-state index in [4.69, 9.17) is 4.74 Å². The normalized spacial score (nSPS) is 14.8. The second-order valence-corrected chi connectivity index (χ2v) is 3.61. The minimum absolute atomic E-state index is 0.242. The van der Waals surface area contributed by atoms with Crippen LogP contribution in [-0.2, 0) is 19.1 Å². The van der Waals surface area contributed by atoms with Crippen LogP contribution in [0.1, 0.15) is 26.7 Å². The zero-order chi connectivity index (χ0) is 12.1. The first-order chi connectivity index (χ1) is 7.58. The average molecular weight is 224 g/mol. The molecule has 0 unspecified atom stereocenters. The van der Waals surface area contributed by atoms with Gasteiger partial charge in [0.05, 0.1) is 20.1 Å². The number of carbonyl (C=O) groups excluding carboxylic acids is 2. The van der Waals surface area contributed by atoms with E-state index in [-0.39, 0.29) is 18.4 Å². The lowest BCUT2D eigenvalue weighted by Crippen LogP contribution is -2.07. The van der Waals surface area contributed by atoms with E-state index >= 15 is 0 Å². The molecule has 0 atom stereocenters. The summed E-state index contributed by atoms with van der Waals surface area (Å²) in [7, 11) is 1.35. The Bertz CT molecular complexity index is 363. The summed E-state index contributed by atoms with van der Waals surface area (Å²) in [5.74, 6) is -0.583. The molecule has 0 aliphatic heterocycles. The van der Waals surface area contributed by atoms with Crippen molar-refractivity contribution in [1.29, 1.82) is 0 Å². The molecule has 0 amide bonds. The van der Waals surface area contributed by atoms with Gasteiger partial charge in [-0.15, -0.1) is 0 Å². The molecule has 4 heteroatoms. The van der Waals surface area contributed by atoms with Gasteiger partial charge >= 0.3 is 11.9 Å². The van der Waals surface area contributed by atoms with Crippen molar-refractivity contribution in [2.75, 3.05) is 13.7 Å². The highest BCUT2D eigenvalue weighted by atomic mass is 16.5. The topological polar surface area (TPSA) is 52.6 Å². The zero-order valence-corrected chi connectivity index (χ0v) is 9.83. The molecule has 0 aromatic rings. The van der Waals surface area contributed by atoms with Crippen LogP contribution in [0.5, 0.6) is 0 Å². The molecule has 0 heterocycles. The summed E-state index contributed by atoms with van der Waals surface area (Å²) in [6.07, 6.45) is 2.58. The summed E-state index contributed by atoms with van der Waals surface area (Å²) in [6.45, 7) is 3.98. The van der Waals surface area contributed by atoms with Crippen molar-refractivity contribution in [2.24, 2.45) is 0 Å². The zero-order valence-electron chi connectivity index (χ0n) is 9.83. The SMILES string of the molecule is CCOC(=O)CC1=CC(C)=C(C(=O)OC)C1. The van der Waals surface area contributed by atoms with Crippen molar-refractivity contribution in [3.8, 4) is 0 Å². The maximum Gasteiger partial charge on any atom is 0.334 e. The summed E-state index contributed by atoms with van der Waals surface area (Å²) in [6, 6.07) is 0. The number of esters is 2. The Balaban J connectivity index is 2.57. The second-order valence-electron chi connectivity index (χ2n) is 3.61. The molecule has 0 fully saturated rings. The van der Waals surface area contributed by atoms with Gasteiger partial charge in [-0.2, -0.15) is 0 Å². The molecule has 0 N–H and O–H groups in total. The van der Waals surface area contributed by atoms with Gasteiger partial charge in [-0.25, -0.2) is 4.79 Å². The van der Waals surface area contributed by atoms with E-state index in [1.165, 1.54) is 7.11 Å². The first kappa shape index (κ1) is 12.5. The molecule has 1 rings (SSSR count). The van der Waals surface area contributed by atoms with Gasteiger partial charge in [0, 0.05) is 12.0 Å². The molecule has 1 aliphatic carbocycles. The monoisotopic (exact) mass is 224 g/mol. The van der Waals surface area contributed by atoms with Crippen LogP contribution < -0.4 is 0 Å². The quantitative estimate of drug-likeness (QED) is 0.683. The first-order valence-corrected chi connectivity index (χ1v) is 5.21. The lowest BCUT2D eigenvalue weighted by Gasteiger charge is -2.04. The van der Waals surface area contributed by atoms with E-state index in [2.05, 4.69) is 4.74 Å². The number of allylic oxidation sites excluding steroid dienone is 2. The third-order valence-corrected chi connectivity index (χ3v) is 2.41. The van der Waals surface area contributed by atoms with E-state index in [1.807, 2.05) is 13.0 Å². The minimum atomic E-state index is -0.326. The van der Waals surface area contributed by atoms with Gasteiger partial charge in [-0.3, -0.25) is 4.79 Å². The summed E-state index contributed by atoms with van der Waals surface area (Å²) < 4.78 is 9.51. The Kier molecular flexibility index (Phi) is 4.28. The molecule has 0 saturated heterocycles. The first-order valence-electron chi connectivity index (χ1n) is 5.21. The van der Waals surface area contributed by atoms with Crippen LogP contribution in [0.2, 0.25) is 0 Å². The molecule has 0 spiro atoms. The highest BCUT2D eigenvalue weighted by Crippen LogP contribution is 2.28. The number of rotatable bonds is 4. The van der Waals surface area contributed by atoms with Gasteiger partial charge in [-0.1, -0.05) is 11.6 Å². The van der Waals surface area contributed by atoms with Crippen molar-refractivity contribution in [3.63, 3.8) is 0 Å². The van der Waals surface area contributed by atoms with Gasteiger partial charge in [0.1, 0.15) is 0 Å². The molecule has 0 aromatic carbocycles. The standard InChI is InChI=1S/C12H16O4/c1-4-16-11(13)7-9-5-8(2)10(6-9)12(14)15-3/h5H,4,6-7H2,1-3H3. The molecule has 0 bridgehead atoms. The van der Waals surface area contributed by atoms with Crippen molar-refractivity contribution in [2.45, 2.75) is 26.7 Å². The fourth-order valence-corrected chi connectivity index (χ4v) is 1.68. The van der Waals surface area contributed by atoms with Crippen LogP contribution in [0.15, 0.2) is 22.8 Å². The van der Waals surface area contributed by atoms with Crippen LogP contribution in [0.4, 0.5) is 0 Å². The smallest absolute Gasteiger partial charge is 0.334 e. The number of hydrogen-bond acceptors (Lipinski definition) is 4. The molecule has 4 nitrogen and oxygen atoms in total. The van der Waals surface area contributed by atoms with Gasteiger partial charge in [-0.05, 0) is 19.4 Å². The van der Waals surface area contributed by atoms with Crippen molar-refractivity contribution >= 4 is 11.9 Å². The fourth-order valence-electron chi connectivity index (χ4n) is 1.68. The second kappa shape index (κ2) is 5.49. The Labute approximate surface area is 94.9 Å².